The minimum atomic E-state index is -3.82. The Bertz CT molecular complexity index is 273. The Morgan fingerprint density at radius 1 is 1.64 bits per heavy atom. The molecule has 0 amide bonds. The SMILES string of the molecule is CC(=O)OS(=O)(=O)CCC#N. The fraction of sp³-hybridized carbons (Fsp3) is 0.600. The van der Waals surface area contributed by atoms with Crippen molar-refractivity contribution < 1.29 is 17.4 Å². The van der Waals surface area contributed by atoms with Crippen LogP contribution in [0.5, 0.6) is 0 Å². The third-order valence-electron chi connectivity index (χ3n) is 0.708. The van der Waals surface area contributed by atoms with Crippen LogP contribution < -0.4 is 0 Å². The standard InChI is InChI=1S/C5H7NO4S/c1-5(7)10-11(8,9)4-2-3-6/h2,4H2,1H3. The summed E-state index contributed by atoms with van der Waals surface area (Å²) in [7, 11) is -3.82. The van der Waals surface area contributed by atoms with Gasteiger partial charge in [-0.15, -0.1) is 0 Å². The maximum absolute atomic E-state index is 10.6. The Morgan fingerprint density at radius 2 is 2.18 bits per heavy atom. The van der Waals surface area contributed by atoms with Crippen molar-refractivity contribution in [1.82, 2.24) is 0 Å². The van der Waals surface area contributed by atoms with Gasteiger partial charge in [0.2, 0.25) is 0 Å². The zero-order valence-electron chi connectivity index (χ0n) is 5.90. The van der Waals surface area contributed by atoms with Crippen LogP contribution in [0, 0.1) is 11.3 Å². The van der Waals surface area contributed by atoms with Crippen LogP contribution in [0.25, 0.3) is 0 Å². The highest BCUT2D eigenvalue weighted by Crippen LogP contribution is 1.95. The summed E-state index contributed by atoms with van der Waals surface area (Å²) in [6.07, 6.45) is -0.171. The van der Waals surface area contributed by atoms with E-state index >= 15 is 0 Å². The molecule has 0 heterocycles. The average Bonchev–Trinajstić information content (AvgIpc) is 1.81. The molecule has 0 aromatic carbocycles. The molecule has 0 unspecified atom stereocenters. The van der Waals surface area contributed by atoms with E-state index in [-0.39, 0.29) is 6.42 Å². The fourth-order valence-corrected chi connectivity index (χ4v) is 1.17. The summed E-state index contributed by atoms with van der Waals surface area (Å²) in [4.78, 5) is 10.1. The number of nitriles is 1. The Labute approximate surface area is 64.7 Å². The van der Waals surface area contributed by atoms with Crippen LogP contribution in [0.3, 0.4) is 0 Å². The molecule has 0 aromatic rings. The Morgan fingerprint density at radius 3 is 2.55 bits per heavy atom. The van der Waals surface area contributed by atoms with Crippen molar-refractivity contribution in [2.75, 3.05) is 5.75 Å². The van der Waals surface area contributed by atoms with Crippen molar-refractivity contribution in [3.05, 3.63) is 0 Å². The largest absolute Gasteiger partial charge is 0.346 e. The van der Waals surface area contributed by atoms with Gasteiger partial charge in [-0.05, 0) is 0 Å². The van der Waals surface area contributed by atoms with Crippen molar-refractivity contribution in [2.45, 2.75) is 13.3 Å². The first kappa shape index (κ1) is 9.91. The molecular formula is C5H7NO4S. The second-order valence-electron chi connectivity index (χ2n) is 1.74. The highest BCUT2D eigenvalue weighted by molar-refractivity contribution is 7.87. The van der Waals surface area contributed by atoms with Crippen molar-refractivity contribution in [3.8, 4) is 6.07 Å². The van der Waals surface area contributed by atoms with Gasteiger partial charge >= 0.3 is 16.1 Å². The maximum Gasteiger partial charge on any atom is 0.319 e. The predicted octanol–water partition coefficient (Wildman–Crippen LogP) is -0.207. The smallest absolute Gasteiger partial charge is 0.319 e. The van der Waals surface area contributed by atoms with Gasteiger partial charge in [-0.1, -0.05) is 0 Å². The second kappa shape index (κ2) is 3.93. The molecule has 0 atom stereocenters. The van der Waals surface area contributed by atoms with E-state index in [2.05, 4.69) is 4.18 Å². The van der Waals surface area contributed by atoms with Gasteiger partial charge in [0.25, 0.3) is 0 Å². The zero-order valence-corrected chi connectivity index (χ0v) is 6.72. The summed E-state index contributed by atoms with van der Waals surface area (Å²) >= 11 is 0. The van der Waals surface area contributed by atoms with Gasteiger partial charge in [0.15, 0.2) is 0 Å². The number of nitrogens with zero attached hydrogens (tertiary/aromatic N) is 1. The Balaban J connectivity index is 4.05. The molecule has 0 fully saturated rings. The van der Waals surface area contributed by atoms with Crippen LogP contribution in [0.15, 0.2) is 0 Å². The Kier molecular flexibility index (Phi) is 3.54. The molecule has 0 saturated heterocycles. The van der Waals surface area contributed by atoms with Gasteiger partial charge < -0.3 is 4.18 Å². The quantitative estimate of drug-likeness (QED) is 0.557. The minimum Gasteiger partial charge on any atom is -0.346 e. The number of rotatable bonds is 3. The number of carbonyl (C=O) groups excluding carboxylic acids is 1. The zero-order chi connectivity index (χ0) is 8.91. The summed E-state index contributed by atoms with van der Waals surface area (Å²) in [6.45, 7) is 0.990. The van der Waals surface area contributed by atoms with Crippen LogP contribution >= 0.6 is 0 Å². The van der Waals surface area contributed by atoms with E-state index in [0.717, 1.165) is 6.92 Å². The monoisotopic (exact) mass is 177 g/mol. The van der Waals surface area contributed by atoms with Gasteiger partial charge in [0.1, 0.15) is 0 Å². The summed E-state index contributed by atoms with van der Waals surface area (Å²) in [5.74, 6) is -1.33. The lowest BCUT2D eigenvalue weighted by Crippen LogP contribution is -2.13. The van der Waals surface area contributed by atoms with E-state index in [0.29, 0.717) is 0 Å². The molecule has 0 saturated carbocycles. The molecule has 0 aliphatic rings. The van der Waals surface area contributed by atoms with E-state index in [1.165, 1.54) is 0 Å². The van der Waals surface area contributed by atoms with Crippen molar-refractivity contribution >= 4 is 16.1 Å². The molecule has 0 aliphatic carbocycles. The lowest BCUT2D eigenvalue weighted by Gasteiger charge is -1.98. The van der Waals surface area contributed by atoms with Gasteiger partial charge in [0.05, 0.1) is 18.2 Å². The lowest BCUT2D eigenvalue weighted by atomic mass is 10.6. The average molecular weight is 177 g/mol. The summed E-state index contributed by atoms with van der Waals surface area (Å²) in [5, 5.41) is 8.01. The normalized spacial score (nSPS) is 10.2. The van der Waals surface area contributed by atoms with Crippen LogP contribution in [0.2, 0.25) is 0 Å². The molecule has 0 aromatic heterocycles. The molecule has 0 radical (unpaired) electrons. The molecule has 0 N–H and O–H groups in total. The van der Waals surface area contributed by atoms with E-state index in [1.807, 2.05) is 0 Å². The van der Waals surface area contributed by atoms with E-state index in [4.69, 9.17) is 5.26 Å². The fourth-order valence-electron chi connectivity index (χ4n) is 0.391. The maximum atomic E-state index is 10.6. The summed E-state index contributed by atoms with van der Waals surface area (Å²) < 4.78 is 25.1. The first-order valence-corrected chi connectivity index (χ1v) is 4.35. The molecule has 0 spiro atoms. The molecule has 5 nitrogen and oxygen atoms in total. The van der Waals surface area contributed by atoms with Crippen LogP contribution in [-0.4, -0.2) is 20.1 Å². The third-order valence-corrected chi connectivity index (χ3v) is 1.90. The van der Waals surface area contributed by atoms with Gasteiger partial charge in [-0.3, -0.25) is 4.79 Å². The molecule has 0 rings (SSSR count). The van der Waals surface area contributed by atoms with Crippen molar-refractivity contribution in [2.24, 2.45) is 0 Å². The number of carbonyl (C=O) groups is 1. The van der Waals surface area contributed by atoms with E-state index < -0.39 is 21.8 Å². The first-order valence-electron chi connectivity index (χ1n) is 2.77. The highest BCUT2D eigenvalue weighted by Gasteiger charge is 2.12. The van der Waals surface area contributed by atoms with Crippen LogP contribution in [0.4, 0.5) is 0 Å². The molecule has 6 heteroatoms. The van der Waals surface area contributed by atoms with E-state index in [1.54, 1.807) is 6.07 Å². The summed E-state index contributed by atoms with van der Waals surface area (Å²) in [5.41, 5.74) is 0. The summed E-state index contributed by atoms with van der Waals surface area (Å²) in [6, 6.07) is 1.63. The van der Waals surface area contributed by atoms with Gasteiger partial charge in [-0.2, -0.15) is 13.7 Å². The second-order valence-corrected chi connectivity index (χ2v) is 3.44. The Hall–Kier alpha value is -1.09. The van der Waals surface area contributed by atoms with Crippen molar-refractivity contribution in [1.29, 1.82) is 5.26 Å². The van der Waals surface area contributed by atoms with Crippen LogP contribution in [-0.2, 0) is 19.1 Å². The molecular weight excluding hydrogens is 170 g/mol. The number of hydrogen-bond donors (Lipinski definition) is 0. The third kappa shape index (κ3) is 5.36. The van der Waals surface area contributed by atoms with Crippen molar-refractivity contribution in [3.63, 3.8) is 0 Å². The minimum absolute atomic E-state index is 0.171. The lowest BCUT2D eigenvalue weighted by molar-refractivity contribution is -0.131. The van der Waals surface area contributed by atoms with Gasteiger partial charge in [0, 0.05) is 6.92 Å². The topological polar surface area (TPSA) is 84.2 Å². The highest BCUT2D eigenvalue weighted by atomic mass is 32.2. The molecule has 11 heavy (non-hydrogen) atoms. The molecule has 0 aliphatic heterocycles. The molecule has 0 bridgehead atoms. The first-order chi connectivity index (χ1) is 4.98. The number of hydrogen-bond acceptors (Lipinski definition) is 5. The molecule has 62 valence electrons. The van der Waals surface area contributed by atoms with E-state index in [9.17, 15) is 13.2 Å². The van der Waals surface area contributed by atoms with Gasteiger partial charge in [-0.25, -0.2) is 0 Å². The predicted molar refractivity (Wildman–Crippen MR) is 35.8 cm³/mol. The van der Waals surface area contributed by atoms with Crippen LogP contribution in [0.1, 0.15) is 13.3 Å².